The molecule has 1 aliphatic rings. The lowest BCUT2D eigenvalue weighted by molar-refractivity contribution is 0.265. The van der Waals surface area contributed by atoms with Crippen molar-refractivity contribution in [2.75, 3.05) is 7.05 Å². The largest absolute Gasteiger partial charge is 0.312 e. The molecule has 0 bridgehead atoms. The van der Waals surface area contributed by atoms with E-state index in [0.717, 1.165) is 17.1 Å². The van der Waals surface area contributed by atoms with Gasteiger partial charge in [-0.25, -0.2) is 4.98 Å². The van der Waals surface area contributed by atoms with Crippen molar-refractivity contribution < 1.29 is 0 Å². The van der Waals surface area contributed by atoms with Crippen LogP contribution in [0.5, 0.6) is 0 Å². The van der Waals surface area contributed by atoms with Crippen molar-refractivity contribution in [3.05, 3.63) is 34.5 Å². The van der Waals surface area contributed by atoms with Gasteiger partial charge in [-0.3, -0.25) is 4.98 Å². The predicted molar refractivity (Wildman–Crippen MR) is 84.0 cm³/mol. The van der Waals surface area contributed by atoms with Gasteiger partial charge in [-0.1, -0.05) is 13.8 Å². The fraction of sp³-hybridized carbons (Fsp3) is 0.500. The molecule has 2 aromatic heterocycles. The summed E-state index contributed by atoms with van der Waals surface area (Å²) in [5.74, 6) is 0. The van der Waals surface area contributed by atoms with Crippen molar-refractivity contribution in [3.8, 4) is 10.7 Å². The molecule has 4 heteroatoms. The van der Waals surface area contributed by atoms with E-state index in [2.05, 4.69) is 37.1 Å². The summed E-state index contributed by atoms with van der Waals surface area (Å²) in [6.07, 6.45) is 4.09. The molecule has 0 amide bonds. The third-order valence-corrected chi connectivity index (χ3v) is 5.16. The Kier molecular flexibility index (Phi) is 3.38. The van der Waals surface area contributed by atoms with E-state index in [1.54, 1.807) is 11.3 Å². The second kappa shape index (κ2) is 4.93. The average Bonchev–Trinajstić information content (AvgIpc) is 2.80. The number of rotatable bonds is 2. The Hall–Kier alpha value is -1.26. The number of nitrogens with zero attached hydrogens (tertiary/aromatic N) is 2. The Morgan fingerprint density at radius 2 is 2.20 bits per heavy atom. The molecule has 2 heterocycles. The highest BCUT2D eigenvalue weighted by Crippen LogP contribution is 2.44. The van der Waals surface area contributed by atoms with Crippen LogP contribution in [0.3, 0.4) is 0 Å². The molecule has 0 saturated carbocycles. The molecule has 0 radical (unpaired) electrons. The van der Waals surface area contributed by atoms with Crippen molar-refractivity contribution in [2.24, 2.45) is 5.41 Å². The summed E-state index contributed by atoms with van der Waals surface area (Å²) in [7, 11) is 2.04. The zero-order valence-corrected chi connectivity index (χ0v) is 13.3. The number of hydrogen-bond donors (Lipinski definition) is 1. The number of aromatic nitrogens is 2. The molecule has 1 N–H and O–H groups in total. The van der Waals surface area contributed by atoms with E-state index in [9.17, 15) is 0 Å². The first-order chi connectivity index (χ1) is 9.48. The minimum absolute atomic E-state index is 0.312. The fourth-order valence-electron chi connectivity index (χ4n) is 2.93. The van der Waals surface area contributed by atoms with E-state index in [4.69, 9.17) is 4.98 Å². The quantitative estimate of drug-likeness (QED) is 0.914. The van der Waals surface area contributed by atoms with Gasteiger partial charge in [-0.15, -0.1) is 11.3 Å². The highest BCUT2D eigenvalue weighted by atomic mass is 32.1. The average molecular weight is 287 g/mol. The third kappa shape index (κ3) is 2.50. The van der Waals surface area contributed by atoms with Gasteiger partial charge < -0.3 is 5.32 Å². The molecule has 20 heavy (non-hydrogen) atoms. The molecule has 106 valence electrons. The van der Waals surface area contributed by atoms with Gasteiger partial charge in [0.1, 0.15) is 5.01 Å². The Balaban J connectivity index is 2.04. The fourth-order valence-corrected chi connectivity index (χ4v) is 4.09. The van der Waals surface area contributed by atoms with E-state index in [-0.39, 0.29) is 0 Å². The molecule has 0 saturated heterocycles. The van der Waals surface area contributed by atoms with Crippen molar-refractivity contribution in [2.45, 2.75) is 39.7 Å². The van der Waals surface area contributed by atoms with Gasteiger partial charge >= 0.3 is 0 Å². The van der Waals surface area contributed by atoms with Crippen molar-refractivity contribution in [3.63, 3.8) is 0 Å². The van der Waals surface area contributed by atoms with Crippen molar-refractivity contribution >= 4 is 11.3 Å². The summed E-state index contributed by atoms with van der Waals surface area (Å²) < 4.78 is 0. The summed E-state index contributed by atoms with van der Waals surface area (Å²) in [5.41, 5.74) is 3.79. The van der Waals surface area contributed by atoms with Gasteiger partial charge in [-0.05, 0) is 49.9 Å². The summed E-state index contributed by atoms with van der Waals surface area (Å²) in [6.45, 7) is 6.74. The van der Waals surface area contributed by atoms with E-state index in [1.807, 2.05) is 19.3 Å². The predicted octanol–water partition coefficient (Wildman–Crippen LogP) is 3.75. The van der Waals surface area contributed by atoms with E-state index in [1.165, 1.54) is 22.6 Å². The molecule has 1 aliphatic carbocycles. The standard InChI is InChI=1S/C16H21N3S/c1-10-5-6-18-11(7-10)15-19-13-9-16(2,3)8-12(17-4)14(13)20-15/h5-7,12,17H,8-9H2,1-4H3. The van der Waals surface area contributed by atoms with Crippen LogP contribution in [-0.4, -0.2) is 17.0 Å². The Labute approximate surface area is 124 Å². The molecule has 0 aromatic carbocycles. The van der Waals surface area contributed by atoms with Crippen LogP contribution in [0.25, 0.3) is 10.7 Å². The number of hydrogen-bond acceptors (Lipinski definition) is 4. The van der Waals surface area contributed by atoms with Gasteiger partial charge in [0.2, 0.25) is 0 Å². The van der Waals surface area contributed by atoms with Gasteiger partial charge in [0.05, 0.1) is 11.4 Å². The first kappa shape index (κ1) is 13.7. The summed E-state index contributed by atoms with van der Waals surface area (Å²) in [5, 5.41) is 4.49. The normalized spacial score (nSPS) is 20.7. The molecule has 0 fully saturated rings. The zero-order valence-electron chi connectivity index (χ0n) is 12.5. The number of aryl methyl sites for hydroxylation is 1. The molecule has 2 aromatic rings. The minimum atomic E-state index is 0.312. The second-order valence-electron chi connectivity index (χ2n) is 6.43. The maximum Gasteiger partial charge on any atom is 0.142 e. The SMILES string of the molecule is CNC1CC(C)(C)Cc2nc(-c3cc(C)ccn3)sc21. The topological polar surface area (TPSA) is 37.8 Å². The van der Waals surface area contributed by atoms with Gasteiger partial charge in [0.25, 0.3) is 0 Å². The monoisotopic (exact) mass is 287 g/mol. The molecule has 0 spiro atoms. The summed E-state index contributed by atoms with van der Waals surface area (Å²) >= 11 is 1.79. The number of nitrogens with one attached hydrogen (secondary N) is 1. The molecular formula is C16H21N3S. The molecule has 1 unspecified atom stereocenters. The lowest BCUT2D eigenvalue weighted by Crippen LogP contribution is -2.30. The van der Waals surface area contributed by atoms with Crippen LogP contribution < -0.4 is 5.32 Å². The van der Waals surface area contributed by atoms with Crippen LogP contribution in [0.15, 0.2) is 18.3 Å². The molecule has 3 rings (SSSR count). The molecular weight excluding hydrogens is 266 g/mol. The number of fused-ring (bicyclic) bond motifs is 1. The summed E-state index contributed by atoms with van der Waals surface area (Å²) in [4.78, 5) is 10.7. The number of pyridine rings is 1. The van der Waals surface area contributed by atoms with Gasteiger partial charge in [0.15, 0.2) is 0 Å². The summed E-state index contributed by atoms with van der Waals surface area (Å²) in [6, 6.07) is 4.56. The van der Waals surface area contributed by atoms with Gasteiger partial charge in [0, 0.05) is 17.1 Å². The van der Waals surface area contributed by atoms with Crippen LogP contribution in [0.1, 0.15) is 42.4 Å². The lowest BCUT2D eigenvalue weighted by atomic mass is 9.76. The van der Waals surface area contributed by atoms with Crippen LogP contribution in [0.2, 0.25) is 0 Å². The van der Waals surface area contributed by atoms with E-state index >= 15 is 0 Å². The smallest absolute Gasteiger partial charge is 0.142 e. The van der Waals surface area contributed by atoms with Crippen LogP contribution in [0.4, 0.5) is 0 Å². The highest BCUT2D eigenvalue weighted by molar-refractivity contribution is 7.15. The first-order valence-corrected chi connectivity index (χ1v) is 7.90. The minimum Gasteiger partial charge on any atom is -0.312 e. The highest BCUT2D eigenvalue weighted by Gasteiger charge is 2.34. The number of thiazole rings is 1. The Morgan fingerprint density at radius 3 is 2.90 bits per heavy atom. The van der Waals surface area contributed by atoms with Crippen LogP contribution >= 0.6 is 11.3 Å². The maximum absolute atomic E-state index is 4.87. The van der Waals surface area contributed by atoms with Crippen LogP contribution in [0, 0.1) is 12.3 Å². The lowest BCUT2D eigenvalue weighted by Gasteiger charge is -2.34. The van der Waals surface area contributed by atoms with Crippen molar-refractivity contribution in [1.82, 2.24) is 15.3 Å². The van der Waals surface area contributed by atoms with E-state index in [0.29, 0.717) is 11.5 Å². The second-order valence-corrected chi connectivity index (χ2v) is 7.47. The van der Waals surface area contributed by atoms with Gasteiger partial charge in [-0.2, -0.15) is 0 Å². The zero-order chi connectivity index (χ0) is 14.3. The maximum atomic E-state index is 4.87. The Morgan fingerprint density at radius 1 is 1.40 bits per heavy atom. The third-order valence-electron chi connectivity index (χ3n) is 3.93. The first-order valence-electron chi connectivity index (χ1n) is 7.08. The Bertz CT molecular complexity index is 630. The van der Waals surface area contributed by atoms with Crippen molar-refractivity contribution in [1.29, 1.82) is 0 Å². The molecule has 1 atom stereocenters. The molecule has 3 nitrogen and oxygen atoms in total. The van der Waals surface area contributed by atoms with E-state index < -0.39 is 0 Å². The molecule has 0 aliphatic heterocycles. The van der Waals surface area contributed by atoms with Crippen LogP contribution in [-0.2, 0) is 6.42 Å².